The highest BCUT2D eigenvalue weighted by Crippen LogP contribution is 2.29. The number of hydrogen-bond donors (Lipinski definition) is 0. The van der Waals surface area contributed by atoms with Crippen LogP contribution in [-0.2, 0) is 9.84 Å². The van der Waals surface area contributed by atoms with E-state index in [1.54, 1.807) is 24.5 Å². The summed E-state index contributed by atoms with van der Waals surface area (Å²) in [5.74, 6) is 0. The predicted octanol–water partition coefficient (Wildman–Crippen LogP) is 4.13. The fourth-order valence-corrected chi connectivity index (χ4v) is 4.20. The Balaban J connectivity index is 2.45. The number of hydrogen-bond acceptors (Lipinski definition) is 3. The normalized spacial score (nSPS) is 12.4. The summed E-state index contributed by atoms with van der Waals surface area (Å²) in [7, 11) is -3.44. The number of sulfone groups is 1. The Bertz CT molecular complexity index is 700. The molecule has 0 aliphatic carbocycles. The van der Waals surface area contributed by atoms with Gasteiger partial charge < -0.3 is 0 Å². The van der Waals surface area contributed by atoms with Crippen molar-refractivity contribution in [2.24, 2.45) is 0 Å². The Labute approximate surface area is 124 Å². The van der Waals surface area contributed by atoms with Gasteiger partial charge in [0.25, 0.3) is 0 Å². The number of benzene rings is 2. The van der Waals surface area contributed by atoms with Crippen LogP contribution in [0.5, 0.6) is 0 Å². The second-order valence-corrected chi connectivity index (χ2v) is 7.42. The molecule has 0 unspecified atom stereocenters. The standard InChI is InChI=1S/C16H16O2S2/c1-13-8-10-15(11-9-13)20(17,18)16(19-2)12-14-6-4-3-5-7-14/h3-12H,1-2H3/b16-12+. The van der Waals surface area contributed by atoms with Gasteiger partial charge in [0.05, 0.1) is 4.90 Å². The van der Waals surface area contributed by atoms with Crippen LogP contribution in [0.15, 0.2) is 63.7 Å². The molecule has 0 aromatic heterocycles. The molecule has 0 heterocycles. The van der Waals surface area contributed by atoms with Crippen LogP contribution < -0.4 is 0 Å². The first kappa shape index (κ1) is 14.9. The van der Waals surface area contributed by atoms with Crippen molar-refractivity contribution in [2.45, 2.75) is 11.8 Å². The fraction of sp³-hybridized carbons (Fsp3) is 0.125. The third-order valence-electron chi connectivity index (χ3n) is 2.88. The minimum atomic E-state index is -3.44. The molecule has 20 heavy (non-hydrogen) atoms. The second kappa shape index (κ2) is 6.29. The average Bonchev–Trinajstić information content (AvgIpc) is 2.46. The average molecular weight is 304 g/mol. The van der Waals surface area contributed by atoms with Crippen LogP contribution in [0, 0.1) is 6.92 Å². The van der Waals surface area contributed by atoms with Gasteiger partial charge in [0.1, 0.15) is 4.24 Å². The zero-order chi connectivity index (χ0) is 14.6. The number of rotatable bonds is 4. The molecular formula is C16H16O2S2. The third-order valence-corrected chi connectivity index (χ3v) is 6.10. The predicted molar refractivity (Wildman–Crippen MR) is 86.3 cm³/mol. The van der Waals surface area contributed by atoms with Crippen molar-refractivity contribution in [3.63, 3.8) is 0 Å². The first-order valence-electron chi connectivity index (χ1n) is 6.16. The highest BCUT2D eigenvalue weighted by molar-refractivity contribution is 8.18. The van der Waals surface area contributed by atoms with Crippen LogP contribution >= 0.6 is 11.8 Å². The van der Waals surface area contributed by atoms with Gasteiger partial charge in [-0.1, -0.05) is 48.0 Å². The number of aryl methyl sites for hydroxylation is 1. The van der Waals surface area contributed by atoms with Crippen molar-refractivity contribution in [3.05, 3.63) is 70.0 Å². The summed E-state index contributed by atoms with van der Waals surface area (Å²) in [6.07, 6.45) is 3.49. The Morgan fingerprint density at radius 1 is 1.00 bits per heavy atom. The van der Waals surface area contributed by atoms with Crippen LogP contribution in [0.2, 0.25) is 0 Å². The van der Waals surface area contributed by atoms with E-state index in [2.05, 4.69) is 0 Å². The highest BCUT2D eigenvalue weighted by Gasteiger charge is 2.19. The second-order valence-electron chi connectivity index (χ2n) is 4.39. The van der Waals surface area contributed by atoms with Gasteiger partial charge in [0.2, 0.25) is 9.84 Å². The van der Waals surface area contributed by atoms with E-state index in [4.69, 9.17) is 0 Å². The van der Waals surface area contributed by atoms with Crippen LogP contribution in [0.4, 0.5) is 0 Å². The smallest absolute Gasteiger partial charge is 0.212 e. The summed E-state index contributed by atoms with van der Waals surface area (Å²) in [6, 6.07) is 16.4. The molecule has 0 spiro atoms. The van der Waals surface area contributed by atoms with Gasteiger partial charge in [-0.2, -0.15) is 0 Å². The van der Waals surface area contributed by atoms with Gasteiger partial charge in [-0.15, -0.1) is 11.8 Å². The maximum absolute atomic E-state index is 12.6. The van der Waals surface area contributed by atoms with E-state index in [0.29, 0.717) is 9.13 Å². The molecule has 0 atom stereocenters. The first-order valence-corrected chi connectivity index (χ1v) is 8.87. The molecule has 0 aliphatic rings. The largest absolute Gasteiger partial charge is 0.218 e. The summed E-state index contributed by atoms with van der Waals surface area (Å²) in [5, 5.41) is 0. The zero-order valence-electron chi connectivity index (χ0n) is 11.4. The Morgan fingerprint density at radius 2 is 1.60 bits per heavy atom. The summed E-state index contributed by atoms with van der Waals surface area (Å²) in [4.78, 5) is 0.333. The summed E-state index contributed by atoms with van der Waals surface area (Å²) in [5.41, 5.74) is 1.93. The molecule has 2 rings (SSSR count). The lowest BCUT2D eigenvalue weighted by atomic mass is 10.2. The van der Waals surface area contributed by atoms with E-state index in [1.165, 1.54) is 11.8 Å². The minimum Gasteiger partial charge on any atom is -0.218 e. The van der Waals surface area contributed by atoms with Crippen molar-refractivity contribution in [3.8, 4) is 0 Å². The molecule has 0 radical (unpaired) electrons. The zero-order valence-corrected chi connectivity index (χ0v) is 13.0. The van der Waals surface area contributed by atoms with E-state index < -0.39 is 9.84 Å². The lowest BCUT2D eigenvalue weighted by Crippen LogP contribution is -2.02. The molecule has 2 nitrogen and oxygen atoms in total. The van der Waals surface area contributed by atoms with Crippen LogP contribution in [0.25, 0.3) is 6.08 Å². The van der Waals surface area contributed by atoms with Gasteiger partial charge in [0.15, 0.2) is 0 Å². The van der Waals surface area contributed by atoms with E-state index in [-0.39, 0.29) is 0 Å². The quantitative estimate of drug-likeness (QED) is 0.851. The molecule has 0 N–H and O–H groups in total. The van der Waals surface area contributed by atoms with E-state index in [0.717, 1.165) is 11.1 Å². The van der Waals surface area contributed by atoms with E-state index in [1.807, 2.05) is 49.4 Å². The van der Waals surface area contributed by atoms with Crippen LogP contribution in [-0.4, -0.2) is 14.7 Å². The topological polar surface area (TPSA) is 34.1 Å². The Morgan fingerprint density at radius 3 is 2.15 bits per heavy atom. The molecule has 2 aromatic rings. The molecule has 0 saturated heterocycles. The fourth-order valence-electron chi connectivity index (χ4n) is 1.77. The van der Waals surface area contributed by atoms with Gasteiger partial charge in [-0.3, -0.25) is 0 Å². The molecule has 0 aliphatic heterocycles. The number of thioether (sulfide) groups is 1. The summed E-state index contributed by atoms with van der Waals surface area (Å²) >= 11 is 1.24. The van der Waals surface area contributed by atoms with Gasteiger partial charge in [-0.05, 0) is 37.0 Å². The van der Waals surface area contributed by atoms with Gasteiger partial charge in [0, 0.05) is 0 Å². The molecule has 0 saturated carbocycles. The molecule has 4 heteroatoms. The lowest BCUT2D eigenvalue weighted by molar-refractivity contribution is 0.604. The lowest BCUT2D eigenvalue weighted by Gasteiger charge is -2.07. The van der Waals surface area contributed by atoms with E-state index in [9.17, 15) is 8.42 Å². The molecule has 0 bridgehead atoms. The highest BCUT2D eigenvalue weighted by atomic mass is 32.3. The summed E-state index contributed by atoms with van der Waals surface area (Å²) < 4.78 is 25.5. The minimum absolute atomic E-state index is 0.333. The maximum atomic E-state index is 12.6. The SMILES string of the molecule is CS/C(=C\c1ccccc1)S(=O)(=O)c1ccc(C)cc1. The van der Waals surface area contributed by atoms with Gasteiger partial charge in [-0.25, -0.2) is 8.42 Å². The molecule has 0 amide bonds. The van der Waals surface area contributed by atoms with E-state index >= 15 is 0 Å². The van der Waals surface area contributed by atoms with Crippen molar-refractivity contribution in [1.82, 2.24) is 0 Å². The Hall–Kier alpha value is -1.52. The van der Waals surface area contributed by atoms with Crippen molar-refractivity contribution in [1.29, 1.82) is 0 Å². The summed E-state index contributed by atoms with van der Waals surface area (Å²) in [6.45, 7) is 1.94. The van der Waals surface area contributed by atoms with Crippen molar-refractivity contribution in [2.75, 3.05) is 6.26 Å². The molecular weight excluding hydrogens is 288 g/mol. The van der Waals surface area contributed by atoms with Crippen LogP contribution in [0.3, 0.4) is 0 Å². The van der Waals surface area contributed by atoms with Crippen molar-refractivity contribution < 1.29 is 8.42 Å². The molecule has 104 valence electrons. The molecule has 0 fully saturated rings. The first-order chi connectivity index (χ1) is 9.54. The Kier molecular flexibility index (Phi) is 4.68. The monoisotopic (exact) mass is 304 g/mol. The third kappa shape index (κ3) is 3.32. The maximum Gasteiger partial charge on any atom is 0.212 e. The van der Waals surface area contributed by atoms with Crippen LogP contribution in [0.1, 0.15) is 11.1 Å². The van der Waals surface area contributed by atoms with Crippen molar-refractivity contribution >= 4 is 27.7 Å². The van der Waals surface area contributed by atoms with Gasteiger partial charge >= 0.3 is 0 Å². The molecule has 2 aromatic carbocycles.